The van der Waals surface area contributed by atoms with Gasteiger partial charge in [0.1, 0.15) is 0 Å². The Hall–Kier alpha value is 0.0700. The molecule has 0 unspecified atom stereocenters. The molecule has 1 N–H and O–H groups in total. The summed E-state index contributed by atoms with van der Waals surface area (Å²) in [5.41, 5.74) is 1.25. The van der Waals surface area contributed by atoms with E-state index in [0.29, 0.717) is 0 Å². The van der Waals surface area contributed by atoms with Gasteiger partial charge in [-0.15, -0.1) is 11.3 Å². The van der Waals surface area contributed by atoms with Gasteiger partial charge in [-0.25, -0.2) is 4.98 Å². The third kappa shape index (κ3) is 2.76. The maximum atomic E-state index is 4.42. The Morgan fingerprint density at radius 1 is 1.54 bits per heavy atom. The van der Waals surface area contributed by atoms with Crippen LogP contribution in [0, 0.1) is 5.92 Å². The summed E-state index contributed by atoms with van der Waals surface area (Å²) in [6, 6.07) is 0. The molecule has 72 valence electrons. The van der Waals surface area contributed by atoms with E-state index in [0.717, 1.165) is 16.3 Å². The van der Waals surface area contributed by atoms with Crippen LogP contribution < -0.4 is 5.32 Å². The number of aromatic nitrogens is 1. The van der Waals surface area contributed by atoms with Crippen molar-refractivity contribution < 1.29 is 0 Å². The first-order chi connectivity index (χ1) is 6.34. The van der Waals surface area contributed by atoms with Gasteiger partial charge in [0, 0.05) is 5.38 Å². The van der Waals surface area contributed by atoms with E-state index in [1.165, 1.54) is 31.6 Å². The number of hydrogen-bond donors (Lipinski definition) is 1. The van der Waals surface area contributed by atoms with Gasteiger partial charge in [0.2, 0.25) is 0 Å². The summed E-state index contributed by atoms with van der Waals surface area (Å²) >= 11 is 5.07. The van der Waals surface area contributed by atoms with Crippen molar-refractivity contribution in [1.29, 1.82) is 0 Å². The molecule has 0 amide bonds. The van der Waals surface area contributed by atoms with Crippen LogP contribution in [0.25, 0.3) is 0 Å². The fourth-order valence-electron chi connectivity index (χ4n) is 1.76. The van der Waals surface area contributed by atoms with Gasteiger partial charge < -0.3 is 5.32 Å². The number of halogens is 1. The summed E-state index contributed by atoms with van der Waals surface area (Å²) < 4.78 is 1.01. The molecule has 0 saturated carbocycles. The van der Waals surface area contributed by atoms with Crippen LogP contribution >= 0.6 is 27.3 Å². The van der Waals surface area contributed by atoms with Gasteiger partial charge in [0.05, 0.1) is 5.69 Å². The maximum Gasteiger partial charge on any atom is 0.159 e. The zero-order chi connectivity index (χ0) is 9.10. The summed E-state index contributed by atoms with van der Waals surface area (Å²) in [7, 11) is 0. The predicted molar refractivity (Wildman–Crippen MR) is 59.1 cm³/mol. The van der Waals surface area contributed by atoms with Crippen molar-refractivity contribution in [1.82, 2.24) is 10.3 Å². The van der Waals surface area contributed by atoms with E-state index in [-0.39, 0.29) is 0 Å². The minimum absolute atomic E-state index is 0.843. The van der Waals surface area contributed by atoms with Gasteiger partial charge in [-0.2, -0.15) is 0 Å². The molecule has 1 aromatic rings. The standard InChI is InChI=1S/C9H13BrN2S/c10-9-12-8(6-13-9)5-7-1-3-11-4-2-7/h6-7,11H,1-5H2. The van der Waals surface area contributed by atoms with E-state index in [4.69, 9.17) is 0 Å². The Balaban J connectivity index is 1.89. The summed E-state index contributed by atoms with van der Waals surface area (Å²) in [4.78, 5) is 4.42. The quantitative estimate of drug-likeness (QED) is 0.884. The van der Waals surface area contributed by atoms with E-state index in [1.54, 1.807) is 11.3 Å². The van der Waals surface area contributed by atoms with Gasteiger partial charge in [-0.1, -0.05) is 0 Å². The lowest BCUT2D eigenvalue weighted by molar-refractivity contribution is 0.370. The molecule has 0 bridgehead atoms. The second-order valence-corrected chi connectivity index (χ2v) is 5.62. The third-order valence-electron chi connectivity index (χ3n) is 2.48. The molecule has 1 saturated heterocycles. The molecular formula is C9H13BrN2S. The van der Waals surface area contributed by atoms with Crippen molar-refractivity contribution >= 4 is 27.3 Å². The summed E-state index contributed by atoms with van der Waals surface area (Å²) in [6.45, 7) is 2.35. The van der Waals surface area contributed by atoms with Crippen LogP contribution in [0.5, 0.6) is 0 Å². The molecule has 1 fully saturated rings. The highest BCUT2D eigenvalue weighted by Crippen LogP contribution is 2.21. The molecule has 4 heteroatoms. The molecule has 1 aliphatic rings. The minimum Gasteiger partial charge on any atom is -0.317 e. The molecule has 13 heavy (non-hydrogen) atoms. The van der Waals surface area contributed by atoms with Gasteiger partial charge in [-0.3, -0.25) is 0 Å². The van der Waals surface area contributed by atoms with Gasteiger partial charge >= 0.3 is 0 Å². The van der Waals surface area contributed by atoms with Crippen LogP contribution in [0.2, 0.25) is 0 Å². The summed E-state index contributed by atoms with van der Waals surface area (Å²) in [5.74, 6) is 0.843. The van der Waals surface area contributed by atoms with Crippen LogP contribution in [0.15, 0.2) is 9.30 Å². The number of rotatable bonds is 2. The first-order valence-corrected chi connectivity index (χ1v) is 6.32. The molecular weight excluding hydrogens is 248 g/mol. The van der Waals surface area contributed by atoms with Crippen molar-refractivity contribution in [3.8, 4) is 0 Å². The monoisotopic (exact) mass is 260 g/mol. The predicted octanol–water partition coefficient (Wildman–Crippen LogP) is 2.45. The van der Waals surface area contributed by atoms with Crippen LogP contribution in [-0.2, 0) is 6.42 Å². The molecule has 0 atom stereocenters. The fraction of sp³-hybridized carbons (Fsp3) is 0.667. The minimum atomic E-state index is 0.843. The van der Waals surface area contributed by atoms with Gasteiger partial charge in [-0.05, 0) is 54.2 Å². The Morgan fingerprint density at radius 2 is 2.31 bits per heavy atom. The Labute approximate surface area is 90.9 Å². The van der Waals surface area contributed by atoms with Crippen molar-refractivity contribution in [2.24, 2.45) is 5.92 Å². The highest BCUT2D eigenvalue weighted by molar-refractivity contribution is 9.11. The Morgan fingerprint density at radius 3 is 2.92 bits per heavy atom. The second kappa shape index (κ2) is 4.53. The number of nitrogens with one attached hydrogen (secondary N) is 1. The number of piperidine rings is 1. The smallest absolute Gasteiger partial charge is 0.159 e. The summed E-state index contributed by atoms with van der Waals surface area (Å²) in [5, 5.41) is 5.54. The lowest BCUT2D eigenvalue weighted by atomic mass is 9.94. The van der Waals surface area contributed by atoms with E-state index in [9.17, 15) is 0 Å². The first kappa shape index (κ1) is 9.62. The Kier molecular flexibility index (Phi) is 3.35. The van der Waals surface area contributed by atoms with Gasteiger partial charge in [0.25, 0.3) is 0 Å². The van der Waals surface area contributed by atoms with Crippen molar-refractivity contribution in [2.45, 2.75) is 19.3 Å². The molecule has 0 aliphatic carbocycles. The van der Waals surface area contributed by atoms with Crippen LogP contribution in [0.4, 0.5) is 0 Å². The highest BCUT2D eigenvalue weighted by atomic mass is 79.9. The summed E-state index contributed by atoms with van der Waals surface area (Å²) in [6.07, 6.45) is 3.76. The third-order valence-corrected chi connectivity index (χ3v) is 3.89. The van der Waals surface area contributed by atoms with Gasteiger partial charge in [0.15, 0.2) is 3.92 Å². The van der Waals surface area contributed by atoms with Crippen LogP contribution in [-0.4, -0.2) is 18.1 Å². The number of nitrogens with zero attached hydrogens (tertiary/aromatic N) is 1. The second-order valence-electron chi connectivity index (χ2n) is 3.49. The van der Waals surface area contributed by atoms with E-state index >= 15 is 0 Å². The molecule has 0 spiro atoms. The van der Waals surface area contributed by atoms with Crippen molar-refractivity contribution in [3.05, 3.63) is 15.0 Å². The number of thiazole rings is 1. The molecule has 2 nitrogen and oxygen atoms in total. The Bertz CT molecular complexity index is 268. The molecule has 0 radical (unpaired) electrons. The SMILES string of the molecule is Brc1nc(CC2CCNCC2)cs1. The molecule has 1 aliphatic heterocycles. The van der Waals surface area contributed by atoms with Crippen molar-refractivity contribution in [2.75, 3.05) is 13.1 Å². The number of hydrogen-bond acceptors (Lipinski definition) is 3. The maximum absolute atomic E-state index is 4.42. The highest BCUT2D eigenvalue weighted by Gasteiger charge is 2.14. The average Bonchev–Trinajstić information content (AvgIpc) is 2.53. The van der Waals surface area contributed by atoms with E-state index < -0.39 is 0 Å². The first-order valence-electron chi connectivity index (χ1n) is 4.65. The van der Waals surface area contributed by atoms with E-state index in [2.05, 4.69) is 31.6 Å². The zero-order valence-corrected chi connectivity index (χ0v) is 9.83. The van der Waals surface area contributed by atoms with Crippen LogP contribution in [0.3, 0.4) is 0 Å². The molecule has 2 rings (SSSR count). The van der Waals surface area contributed by atoms with E-state index in [1.807, 2.05) is 0 Å². The topological polar surface area (TPSA) is 24.9 Å². The zero-order valence-electron chi connectivity index (χ0n) is 7.42. The fourth-order valence-corrected chi connectivity index (χ4v) is 2.82. The lowest BCUT2D eigenvalue weighted by Crippen LogP contribution is -2.28. The normalized spacial score (nSPS) is 19.2. The average molecular weight is 261 g/mol. The molecule has 1 aromatic heterocycles. The molecule has 2 heterocycles. The molecule has 0 aromatic carbocycles. The lowest BCUT2D eigenvalue weighted by Gasteiger charge is -2.21. The largest absolute Gasteiger partial charge is 0.317 e. The van der Waals surface area contributed by atoms with Crippen molar-refractivity contribution in [3.63, 3.8) is 0 Å². The van der Waals surface area contributed by atoms with Crippen LogP contribution in [0.1, 0.15) is 18.5 Å².